The lowest BCUT2D eigenvalue weighted by Gasteiger charge is -2.22. The highest BCUT2D eigenvalue weighted by Crippen LogP contribution is 2.16. The standard InChI is InChI=1S/C13H18ClFN2O2/c14-5-7-17(8-6-15)11-3-1-10(2-4-11)9-12(16)13(18)19/h1-4,12H,5-9,16H2,(H,18,19)/t12-/m0/s1. The number of nitrogens with zero attached hydrogens (tertiary/aromatic N) is 1. The van der Waals surface area contributed by atoms with E-state index >= 15 is 0 Å². The summed E-state index contributed by atoms with van der Waals surface area (Å²) in [6, 6.07) is 6.35. The van der Waals surface area contributed by atoms with Crippen molar-refractivity contribution in [1.29, 1.82) is 0 Å². The molecule has 1 atom stereocenters. The Morgan fingerprint density at radius 2 is 2.00 bits per heavy atom. The van der Waals surface area contributed by atoms with Crippen molar-refractivity contribution in [2.75, 3.05) is 30.5 Å². The number of aliphatic carboxylic acids is 1. The molecule has 4 nitrogen and oxygen atoms in total. The number of halogens is 2. The minimum absolute atomic E-state index is 0.272. The van der Waals surface area contributed by atoms with Gasteiger partial charge >= 0.3 is 5.97 Å². The van der Waals surface area contributed by atoms with Crippen molar-refractivity contribution in [1.82, 2.24) is 0 Å². The summed E-state index contributed by atoms with van der Waals surface area (Å²) in [5, 5.41) is 8.74. The first kappa shape index (κ1) is 15.7. The second-order valence-corrected chi connectivity index (χ2v) is 4.56. The fourth-order valence-electron chi connectivity index (χ4n) is 1.76. The quantitative estimate of drug-likeness (QED) is 0.714. The molecule has 106 valence electrons. The molecule has 0 fully saturated rings. The highest BCUT2D eigenvalue weighted by atomic mass is 35.5. The molecule has 0 radical (unpaired) electrons. The van der Waals surface area contributed by atoms with Gasteiger partial charge in [0.15, 0.2) is 0 Å². The van der Waals surface area contributed by atoms with E-state index in [-0.39, 0.29) is 6.42 Å². The van der Waals surface area contributed by atoms with Crippen molar-refractivity contribution in [2.24, 2.45) is 5.73 Å². The molecule has 0 unspecified atom stereocenters. The second kappa shape index (κ2) is 7.96. The SMILES string of the molecule is N[C@@H](Cc1ccc(N(CCF)CCCl)cc1)C(=O)O. The monoisotopic (exact) mass is 288 g/mol. The van der Waals surface area contributed by atoms with Gasteiger partial charge in [0.05, 0.1) is 0 Å². The van der Waals surface area contributed by atoms with E-state index in [9.17, 15) is 9.18 Å². The molecule has 0 saturated carbocycles. The van der Waals surface area contributed by atoms with Crippen molar-refractivity contribution in [3.63, 3.8) is 0 Å². The molecule has 1 aromatic carbocycles. The smallest absolute Gasteiger partial charge is 0.320 e. The summed E-state index contributed by atoms with van der Waals surface area (Å²) in [6.07, 6.45) is 0.272. The average Bonchev–Trinajstić information content (AvgIpc) is 2.39. The Morgan fingerprint density at radius 1 is 1.37 bits per heavy atom. The summed E-state index contributed by atoms with van der Waals surface area (Å²) in [5.74, 6) is -0.601. The van der Waals surface area contributed by atoms with Gasteiger partial charge in [0.25, 0.3) is 0 Å². The molecule has 1 rings (SSSR count). The van der Waals surface area contributed by atoms with Crippen molar-refractivity contribution in [2.45, 2.75) is 12.5 Å². The lowest BCUT2D eigenvalue weighted by atomic mass is 10.1. The number of benzene rings is 1. The molecule has 19 heavy (non-hydrogen) atoms. The highest BCUT2D eigenvalue weighted by molar-refractivity contribution is 6.18. The molecule has 1 aromatic rings. The average molecular weight is 289 g/mol. The van der Waals surface area contributed by atoms with E-state index in [0.717, 1.165) is 11.3 Å². The van der Waals surface area contributed by atoms with E-state index < -0.39 is 18.7 Å². The van der Waals surface area contributed by atoms with Crippen molar-refractivity contribution in [3.05, 3.63) is 29.8 Å². The molecule has 0 heterocycles. The maximum absolute atomic E-state index is 12.4. The Bertz CT molecular complexity index is 394. The molecule has 0 aliphatic heterocycles. The van der Waals surface area contributed by atoms with Gasteiger partial charge in [-0.15, -0.1) is 11.6 Å². The number of carbonyl (C=O) groups is 1. The molecular formula is C13H18ClFN2O2. The van der Waals surface area contributed by atoms with Gasteiger partial charge in [-0.2, -0.15) is 0 Å². The van der Waals surface area contributed by atoms with Crippen LogP contribution in [0.1, 0.15) is 5.56 Å². The lowest BCUT2D eigenvalue weighted by Crippen LogP contribution is -2.32. The molecule has 0 bridgehead atoms. The highest BCUT2D eigenvalue weighted by Gasteiger charge is 2.12. The topological polar surface area (TPSA) is 66.6 Å². The van der Waals surface area contributed by atoms with Crippen LogP contribution in [0.25, 0.3) is 0 Å². The minimum atomic E-state index is -1.02. The zero-order chi connectivity index (χ0) is 14.3. The van der Waals surface area contributed by atoms with Crippen molar-refractivity contribution < 1.29 is 14.3 Å². The summed E-state index contributed by atoms with van der Waals surface area (Å²) in [4.78, 5) is 12.5. The first-order valence-corrected chi connectivity index (χ1v) is 6.56. The van der Waals surface area contributed by atoms with E-state index in [1.165, 1.54) is 0 Å². The van der Waals surface area contributed by atoms with Crippen LogP contribution in [-0.2, 0) is 11.2 Å². The zero-order valence-electron chi connectivity index (χ0n) is 10.6. The number of rotatable bonds is 8. The van der Waals surface area contributed by atoms with Crippen LogP contribution in [0.3, 0.4) is 0 Å². The van der Waals surface area contributed by atoms with Crippen molar-refractivity contribution in [3.8, 4) is 0 Å². The molecule has 0 saturated heterocycles. The third-order valence-electron chi connectivity index (χ3n) is 2.78. The number of carboxylic acids is 1. The van der Waals surface area contributed by atoms with E-state index in [1.54, 1.807) is 12.1 Å². The number of hydrogen-bond acceptors (Lipinski definition) is 3. The number of anilines is 1. The predicted molar refractivity (Wildman–Crippen MR) is 74.7 cm³/mol. The van der Waals surface area contributed by atoms with Crippen LogP contribution in [0.15, 0.2) is 24.3 Å². The number of alkyl halides is 2. The normalized spacial score (nSPS) is 12.2. The van der Waals surface area contributed by atoms with Crippen LogP contribution in [-0.4, -0.2) is 42.8 Å². The summed E-state index contributed by atoms with van der Waals surface area (Å²) in [7, 11) is 0. The third-order valence-corrected chi connectivity index (χ3v) is 2.95. The van der Waals surface area contributed by atoms with E-state index in [0.29, 0.717) is 19.0 Å². The van der Waals surface area contributed by atoms with Gasteiger partial charge in [0.1, 0.15) is 12.7 Å². The van der Waals surface area contributed by atoms with Crippen molar-refractivity contribution >= 4 is 23.3 Å². The lowest BCUT2D eigenvalue weighted by molar-refractivity contribution is -0.138. The van der Waals surface area contributed by atoms with E-state index in [1.807, 2.05) is 17.0 Å². The molecule has 0 amide bonds. The van der Waals surface area contributed by atoms with Gasteiger partial charge < -0.3 is 15.7 Å². The number of nitrogens with two attached hydrogens (primary N) is 1. The van der Waals surface area contributed by atoms with Crippen LogP contribution >= 0.6 is 11.6 Å². The maximum atomic E-state index is 12.4. The molecule has 0 aromatic heterocycles. The van der Waals surface area contributed by atoms with Gasteiger partial charge in [0, 0.05) is 24.7 Å². The van der Waals surface area contributed by atoms with E-state index in [4.69, 9.17) is 22.4 Å². The summed E-state index contributed by atoms with van der Waals surface area (Å²) in [5.41, 5.74) is 7.17. The summed E-state index contributed by atoms with van der Waals surface area (Å²) >= 11 is 5.67. The summed E-state index contributed by atoms with van der Waals surface area (Å²) in [6.45, 7) is 0.419. The second-order valence-electron chi connectivity index (χ2n) is 4.18. The first-order valence-electron chi connectivity index (χ1n) is 6.02. The van der Waals surface area contributed by atoms with Gasteiger partial charge in [-0.05, 0) is 24.1 Å². The van der Waals surface area contributed by atoms with Crippen LogP contribution in [0.2, 0.25) is 0 Å². The van der Waals surface area contributed by atoms with Crippen LogP contribution < -0.4 is 10.6 Å². The predicted octanol–water partition coefficient (Wildman–Crippen LogP) is 1.66. The molecule has 6 heteroatoms. The van der Waals surface area contributed by atoms with Crippen LogP contribution in [0, 0.1) is 0 Å². The fourth-order valence-corrected chi connectivity index (χ4v) is 1.96. The van der Waals surface area contributed by atoms with Gasteiger partial charge in [-0.25, -0.2) is 4.39 Å². The Kier molecular flexibility index (Phi) is 6.59. The fraction of sp³-hybridized carbons (Fsp3) is 0.462. The van der Waals surface area contributed by atoms with Gasteiger partial charge in [-0.3, -0.25) is 4.79 Å². The number of hydrogen-bond donors (Lipinski definition) is 2. The van der Waals surface area contributed by atoms with Gasteiger partial charge in [0.2, 0.25) is 0 Å². The molecule has 0 aliphatic carbocycles. The van der Waals surface area contributed by atoms with Crippen LogP contribution in [0.4, 0.5) is 10.1 Å². The summed E-state index contributed by atoms with van der Waals surface area (Å²) < 4.78 is 12.4. The molecule has 0 aliphatic rings. The Morgan fingerprint density at radius 3 is 2.47 bits per heavy atom. The molecule has 3 N–H and O–H groups in total. The zero-order valence-corrected chi connectivity index (χ0v) is 11.3. The minimum Gasteiger partial charge on any atom is -0.480 e. The van der Waals surface area contributed by atoms with Gasteiger partial charge in [-0.1, -0.05) is 12.1 Å². The van der Waals surface area contributed by atoms with E-state index in [2.05, 4.69) is 0 Å². The Balaban J connectivity index is 2.71. The first-order chi connectivity index (χ1) is 9.08. The molecule has 0 spiro atoms. The molecular weight excluding hydrogens is 271 g/mol. The van der Waals surface area contributed by atoms with Crippen LogP contribution in [0.5, 0.6) is 0 Å². The third kappa shape index (κ3) is 5.04. The Hall–Kier alpha value is -1.33. The maximum Gasteiger partial charge on any atom is 0.320 e. The largest absolute Gasteiger partial charge is 0.480 e. The number of carboxylic acid groups (broad SMARTS) is 1. The Labute approximate surface area is 117 Å².